The summed E-state index contributed by atoms with van der Waals surface area (Å²) in [5, 5.41) is 2.51. The molecular weight excluding hydrogens is 386 g/mol. The van der Waals surface area contributed by atoms with Crippen LogP contribution in [0, 0.1) is 0 Å². The van der Waals surface area contributed by atoms with Crippen LogP contribution in [-0.4, -0.2) is 21.6 Å². The number of hydrogen-bond acceptors (Lipinski definition) is 3. The molecule has 0 saturated heterocycles. The predicted molar refractivity (Wildman–Crippen MR) is 123 cm³/mol. The first-order valence-corrected chi connectivity index (χ1v) is 10.6. The van der Waals surface area contributed by atoms with Crippen LogP contribution in [0.1, 0.15) is 41.0 Å². The smallest absolute Gasteiger partial charge is 0.268 e. The van der Waals surface area contributed by atoms with Gasteiger partial charge in [-0.15, -0.1) is 0 Å². The number of hydrogen-bond donors (Lipinski definition) is 1. The van der Waals surface area contributed by atoms with Gasteiger partial charge in [-0.1, -0.05) is 72.8 Å². The Kier molecular flexibility index (Phi) is 6.43. The molecule has 1 aromatic heterocycles. The van der Waals surface area contributed by atoms with Gasteiger partial charge in [-0.2, -0.15) is 0 Å². The lowest BCUT2D eigenvalue weighted by atomic mass is 9.97. The number of imidazole rings is 1. The van der Waals surface area contributed by atoms with Gasteiger partial charge in [-0.05, 0) is 41.7 Å². The van der Waals surface area contributed by atoms with E-state index in [9.17, 15) is 4.79 Å². The summed E-state index contributed by atoms with van der Waals surface area (Å²) in [4.78, 5) is 15.7. The Morgan fingerprint density at radius 2 is 1.77 bits per heavy atom. The minimum absolute atomic E-state index is 0.0169. The fourth-order valence-electron chi connectivity index (χ4n) is 4.00. The Hall–Kier alpha value is -3.44. The van der Waals surface area contributed by atoms with Crippen LogP contribution < -0.4 is 5.73 Å². The van der Waals surface area contributed by atoms with Crippen molar-refractivity contribution in [3.63, 3.8) is 0 Å². The van der Waals surface area contributed by atoms with Crippen molar-refractivity contribution in [2.45, 2.75) is 38.5 Å². The minimum Gasteiger partial charge on any atom is -0.372 e. The van der Waals surface area contributed by atoms with Crippen molar-refractivity contribution in [3.8, 4) is 0 Å². The molecular formula is C26H27N3O2. The number of fused-ring (bicyclic) bond motifs is 1. The van der Waals surface area contributed by atoms with Crippen molar-refractivity contribution in [1.29, 1.82) is 0 Å². The highest BCUT2D eigenvalue weighted by molar-refractivity contribution is 5.90. The molecule has 158 valence electrons. The molecule has 0 saturated carbocycles. The van der Waals surface area contributed by atoms with Crippen molar-refractivity contribution in [2.24, 2.45) is 5.73 Å². The largest absolute Gasteiger partial charge is 0.372 e. The molecule has 2 N–H and O–H groups in total. The summed E-state index contributed by atoms with van der Waals surface area (Å²) in [6.45, 7) is 2.60. The molecule has 1 heterocycles. The van der Waals surface area contributed by atoms with Crippen molar-refractivity contribution < 1.29 is 9.53 Å². The van der Waals surface area contributed by atoms with E-state index in [1.165, 1.54) is 16.3 Å². The topological polar surface area (TPSA) is 70.1 Å². The Morgan fingerprint density at radius 1 is 1.03 bits per heavy atom. The van der Waals surface area contributed by atoms with E-state index >= 15 is 0 Å². The molecule has 5 heteroatoms. The number of nitrogens with two attached hydrogens (primary N) is 1. The molecule has 4 rings (SSSR count). The highest BCUT2D eigenvalue weighted by atomic mass is 16.5. The minimum atomic E-state index is -0.524. The van der Waals surface area contributed by atoms with E-state index < -0.39 is 5.91 Å². The molecule has 4 aromatic rings. The number of amides is 1. The molecule has 0 spiro atoms. The lowest BCUT2D eigenvalue weighted by Crippen LogP contribution is -2.24. The molecule has 3 aromatic carbocycles. The molecule has 0 fully saturated rings. The van der Waals surface area contributed by atoms with Crippen LogP contribution in [0.25, 0.3) is 10.8 Å². The van der Waals surface area contributed by atoms with Gasteiger partial charge in [0.1, 0.15) is 5.69 Å². The van der Waals surface area contributed by atoms with E-state index in [1.807, 2.05) is 22.8 Å². The first-order chi connectivity index (χ1) is 15.1. The zero-order chi connectivity index (χ0) is 21.6. The standard InChI is InChI=1S/C26H27N3O2/c1-19(31-17-20-8-3-2-4-9-20)25(29-16-24(26(27)30)28-18-29)15-14-22-12-7-11-21-10-5-6-13-23(21)22/h2-13,16,18-19,25H,14-15,17H2,1H3,(H2,27,30)/t19-,25+/m0/s1. The second-order valence-electron chi connectivity index (χ2n) is 7.82. The molecule has 0 aliphatic rings. The summed E-state index contributed by atoms with van der Waals surface area (Å²) in [6.07, 6.45) is 5.05. The van der Waals surface area contributed by atoms with E-state index in [0.29, 0.717) is 6.61 Å². The molecule has 0 radical (unpaired) electrons. The fraction of sp³-hybridized carbons (Fsp3) is 0.231. The van der Waals surface area contributed by atoms with Crippen LogP contribution in [0.5, 0.6) is 0 Å². The normalized spacial score (nSPS) is 13.2. The number of carbonyl (C=O) groups is 1. The lowest BCUT2D eigenvalue weighted by molar-refractivity contribution is 0.0149. The number of primary amides is 1. The number of aryl methyl sites for hydroxylation is 1. The molecule has 2 atom stereocenters. The summed E-state index contributed by atoms with van der Waals surface area (Å²) in [6, 6.07) is 25.0. The number of carbonyl (C=O) groups excluding carboxylic acids is 1. The van der Waals surface area contributed by atoms with Crippen molar-refractivity contribution >= 4 is 16.7 Å². The van der Waals surface area contributed by atoms with Crippen molar-refractivity contribution in [1.82, 2.24) is 9.55 Å². The second-order valence-corrected chi connectivity index (χ2v) is 7.82. The third-order valence-corrected chi connectivity index (χ3v) is 5.72. The molecule has 31 heavy (non-hydrogen) atoms. The van der Waals surface area contributed by atoms with Gasteiger partial charge in [0.2, 0.25) is 0 Å². The van der Waals surface area contributed by atoms with E-state index in [4.69, 9.17) is 10.5 Å². The van der Waals surface area contributed by atoms with Gasteiger partial charge in [-0.3, -0.25) is 4.79 Å². The van der Waals surface area contributed by atoms with Crippen LogP contribution in [0.3, 0.4) is 0 Å². The summed E-state index contributed by atoms with van der Waals surface area (Å²) >= 11 is 0. The van der Waals surface area contributed by atoms with Gasteiger partial charge in [-0.25, -0.2) is 4.98 Å². The molecule has 5 nitrogen and oxygen atoms in total. The predicted octanol–water partition coefficient (Wildman–Crippen LogP) is 4.91. The van der Waals surface area contributed by atoms with Gasteiger partial charge in [0, 0.05) is 6.20 Å². The van der Waals surface area contributed by atoms with Crippen molar-refractivity contribution in [3.05, 3.63) is 102 Å². The Bertz CT molecular complexity index is 1150. The zero-order valence-electron chi connectivity index (χ0n) is 17.6. The summed E-state index contributed by atoms with van der Waals surface area (Å²) in [5.74, 6) is -0.524. The Morgan fingerprint density at radius 3 is 2.55 bits per heavy atom. The number of ether oxygens (including phenoxy) is 1. The van der Waals surface area contributed by atoms with Crippen molar-refractivity contribution in [2.75, 3.05) is 0 Å². The average molecular weight is 414 g/mol. The third-order valence-electron chi connectivity index (χ3n) is 5.72. The first-order valence-electron chi connectivity index (χ1n) is 10.6. The summed E-state index contributed by atoms with van der Waals surface area (Å²) in [7, 11) is 0. The van der Waals surface area contributed by atoms with Crippen LogP contribution in [0.2, 0.25) is 0 Å². The quantitative estimate of drug-likeness (QED) is 0.424. The average Bonchev–Trinajstić information content (AvgIpc) is 3.29. The van der Waals surface area contributed by atoms with E-state index in [1.54, 1.807) is 12.5 Å². The van der Waals surface area contributed by atoms with E-state index in [2.05, 4.69) is 66.5 Å². The SMILES string of the molecule is C[C@H](OCc1ccccc1)[C@@H](CCc1cccc2ccccc12)n1cnc(C(N)=O)c1. The van der Waals surface area contributed by atoms with Gasteiger partial charge in [0.05, 0.1) is 25.1 Å². The maximum absolute atomic E-state index is 11.6. The number of nitrogens with zero attached hydrogens (tertiary/aromatic N) is 2. The third kappa shape index (κ3) is 5.01. The van der Waals surface area contributed by atoms with Gasteiger partial charge < -0.3 is 15.0 Å². The van der Waals surface area contributed by atoms with Gasteiger partial charge >= 0.3 is 0 Å². The van der Waals surface area contributed by atoms with Crippen LogP contribution >= 0.6 is 0 Å². The Balaban J connectivity index is 1.54. The highest BCUT2D eigenvalue weighted by Crippen LogP contribution is 2.26. The highest BCUT2D eigenvalue weighted by Gasteiger charge is 2.21. The number of aromatic nitrogens is 2. The molecule has 0 unspecified atom stereocenters. The monoisotopic (exact) mass is 413 g/mol. The fourth-order valence-corrected chi connectivity index (χ4v) is 4.00. The van der Waals surface area contributed by atoms with Gasteiger partial charge in [0.25, 0.3) is 5.91 Å². The summed E-state index contributed by atoms with van der Waals surface area (Å²) < 4.78 is 8.18. The molecule has 0 aliphatic heterocycles. The molecule has 1 amide bonds. The van der Waals surface area contributed by atoms with Crippen LogP contribution in [0.15, 0.2) is 85.3 Å². The number of rotatable bonds is 9. The molecule has 0 aliphatic carbocycles. The maximum atomic E-state index is 11.6. The lowest BCUT2D eigenvalue weighted by Gasteiger charge is -2.26. The van der Waals surface area contributed by atoms with E-state index in [0.717, 1.165) is 18.4 Å². The zero-order valence-corrected chi connectivity index (χ0v) is 17.6. The second kappa shape index (κ2) is 9.58. The van der Waals surface area contributed by atoms with Crippen LogP contribution in [0.4, 0.5) is 0 Å². The number of benzene rings is 3. The van der Waals surface area contributed by atoms with E-state index in [-0.39, 0.29) is 17.8 Å². The van der Waals surface area contributed by atoms with Crippen LogP contribution in [-0.2, 0) is 17.8 Å². The molecule has 0 bridgehead atoms. The maximum Gasteiger partial charge on any atom is 0.268 e. The first kappa shape index (κ1) is 20.8. The Labute approximate surface area is 182 Å². The summed E-state index contributed by atoms with van der Waals surface area (Å²) in [5.41, 5.74) is 8.12. The van der Waals surface area contributed by atoms with Gasteiger partial charge in [0.15, 0.2) is 0 Å².